The second-order valence-electron chi connectivity index (χ2n) is 1.79. The standard InChI is InChI=1S/C6H6N2O3/c7-6(9)5(8-10)4-2-1-3-11-4/h1-3,10H,(H2,7,9)/b8-5-. The Kier molecular flexibility index (Phi) is 1.91. The highest BCUT2D eigenvalue weighted by molar-refractivity contribution is 6.43. The molecule has 1 rings (SSSR count). The number of amides is 1. The molecule has 0 fully saturated rings. The van der Waals surface area contributed by atoms with Crippen LogP contribution in [0.1, 0.15) is 5.76 Å². The number of nitrogens with two attached hydrogens (primary N) is 1. The summed E-state index contributed by atoms with van der Waals surface area (Å²) in [6.07, 6.45) is 1.35. The van der Waals surface area contributed by atoms with Gasteiger partial charge >= 0.3 is 0 Å². The maximum Gasteiger partial charge on any atom is 0.274 e. The number of rotatable bonds is 2. The molecule has 0 aliphatic carbocycles. The summed E-state index contributed by atoms with van der Waals surface area (Å²) in [6, 6.07) is 3.03. The van der Waals surface area contributed by atoms with Crippen molar-refractivity contribution in [2.24, 2.45) is 10.9 Å². The fourth-order valence-electron chi connectivity index (χ4n) is 0.633. The Morgan fingerprint density at radius 2 is 2.45 bits per heavy atom. The van der Waals surface area contributed by atoms with Crippen LogP contribution in [0.5, 0.6) is 0 Å². The van der Waals surface area contributed by atoms with Gasteiger partial charge in [0, 0.05) is 0 Å². The number of oxime groups is 1. The lowest BCUT2D eigenvalue weighted by Gasteiger charge is -1.91. The molecule has 58 valence electrons. The zero-order valence-corrected chi connectivity index (χ0v) is 5.52. The van der Waals surface area contributed by atoms with E-state index in [0.717, 1.165) is 0 Å². The highest BCUT2D eigenvalue weighted by Gasteiger charge is 2.12. The summed E-state index contributed by atoms with van der Waals surface area (Å²) < 4.78 is 4.76. The topological polar surface area (TPSA) is 88.8 Å². The molecular formula is C6H6N2O3. The molecule has 0 radical (unpaired) electrons. The summed E-state index contributed by atoms with van der Waals surface area (Å²) in [7, 11) is 0. The van der Waals surface area contributed by atoms with E-state index in [9.17, 15) is 4.79 Å². The van der Waals surface area contributed by atoms with Gasteiger partial charge in [0.25, 0.3) is 5.91 Å². The molecule has 11 heavy (non-hydrogen) atoms. The third kappa shape index (κ3) is 1.37. The maximum absolute atomic E-state index is 10.5. The third-order valence-corrected chi connectivity index (χ3v) is 1.09. The van der Waals surface area contributed by atoms with E-state index >= 15 is 0 Å². The van der Waals surface area contributed by atoms with Crippen molar-refractivity contribution in [1.29, 1.82) is 0 Å². The van der Waals surface area contributed by atoms with E-state index in [-0.39, 0.29) is 11.5 Å². The first kappa shape index (κ1) is 7.33. The van der Waals surface area contributed by atoms with E-state index in [1.54, 1.807) is 6.07 Å². The molecule has 5 nitrogen and oxygen atoms in total. The molecule has 0 aliphatic heterocycles. The molecule has 0 bridgehead atoms. The minimum atomic E-state index is -0.831. The summed E-state index contributed by atoms with van der Waals surface area (Å²) >= 11 is 0. The smallest absolute Gasteiger partial charge is 0.274 e. The second kappa shape index (κ2) is 2.87. The van der Waals surface area contributed by atoms with Crippen molar-refractivity contribution in [3.05, 3.63) is 24.2 Å². The Labute approximate surface area is 62.1 Å². The number of primary amides is 1. The summed E-state index contributed by atoms with van der Waals surface area (Å²) in [5, 5.41) is 11.0. The molecule has 5 heteroatoms. The molecule has 3 N–H and O–H groups in total. The fourth-order valence-corrected chi connectivity index (χ4v) is 0.633. The average molecular weight is 154 g/mol. The highest BCUT2D eigenvalue weighted by Crippen LogP contribution is 2.01. The molecule has 0 unspecified atom stereocenters. The van der Waals surface area contributed by atoms with Crippen LogP contribution in [0.4, 0.5) is 0 Å². The van der Waals surface area contributed by atoms with Crippen LogP contribution < -0.4 is 5.73 Å². The first-order valence-corrected chi connectivity index (χ1v) is 2.81. The minimum Gasteiger partial charge on any atom is -0.462 e. The zero-order valence-electron chi connectivity index (χ0n) is 5.52. The molecule has 0 aromatic carbocycles. The van der Waals surface area contributed by atoms with Crippen LogP contribution in [0.15, 0.2) is 28.0 Å². The molecule has 1 aromatic rings. The number of nitrogens with zero attached hydrogens (tertiary/aromatic N) is 1. The number of furan rings is 1. The first-order chi connectivity index (χ1) is 5.25. The predicted molar refractivity (Wildman–Crippen MR) is 36.2 cm³/mol. The number of carbonyl (C=O) groups excluding carboxylic acids is 1. The Hall–Kier alpha value is -1.78. The van der Waals surface area contributed by atoms with Gasteiger partial charge < -0.3 is 15.4 Å². The molecule has 1 amide bonds. The number of hydrogen-bond donors (Lipinski definition) is 2. The SMILES string of the molecule is NC(=O)/C(=N\O)c1ccco1. The van der Waals surface area contributed by atoms with Crippen molar-refractivity contribution in [3.63, 3.8) is 0 Å². The zero-order chi connectivity index (χ0) is 8.27. The molecule has 0 spiro atoms. The van der Waals surface area contributed by atoms with E-state index in [2.05, 4.69) is 5.16 Å². The molecule has 0 saturated heterocycles. The third-order valence-electron chi connectivity index (χ3n) is 1.09. The Balaban J connectivity index is 2.99. The van der Waals surface area contributed by atoms with Gasteiger partial charge in [-0.25, -0.2) is 0 Å². The van der Waals surface area contributed by atoms with E-state index < -0.39 is 5.91 Å². The van der Waals surface area contributed by atoms with Gasteiger partial charge in [-0.15, -0.1) is 0 Å². The van der Waals surface area contributed by atoms with Gasteiger partial charge in [0.2, 0.25) is 5.71 Å². The average Bonchev–Trinajstić information content (AvgIpc) is 2.40. The second-order valence-corrected chi connectivity index (χ2v) is 1.79. The lowest BCUT2D eigenvalue weighted by atomic mass is 10.3. The van der Waals surface area contributed by atoms with Gasteiger partial charge in [-0.2, -0.15) is 0 Å². The fraction of sp³-hybridized carbons (Fsp3) is 0. The summed E-state index contributed by atoms with van der Waals surface area (Å²) in [5.41, 5.74) is 4.57. The molecule has 1 aromatic heterocycles. The summed E-state index contributed by atoms with van der Waals surface area (Å²) in [6.45, 7) is 0. The minimum absolute atomic E-state index is 0.153. The van der Waals surface area contributed by atoms with Gasteiger partial charge in [-0.3, -0.25) is 4.79 Å². The Morgan fingerprint density at radius 1 is 1.73 bits per heavy atom. The van der Waals surface area contributed by atoms with Crippen molar-refractivity contribution in [2.45, 2.75) is 0 Å². The van der Waals surface area contributed by atoms with Crippen LogP contribution >= 0.6 is 0 Å². The van der Waals surface area contributed by atoms with E-state index in [1.807, 2.05) is 0 Å². The first-order valence-electron chi connectivity index (χ1n) is 2.81. The Bertz CT molecular complexity index is 276. The van der Waals surface area contributed by atoms with Crippen molar-refractivity contribution in [1.82, 2.24) is 0 Å². The van der Waals surface area contributed by atoms with Crippen LogP contribution in [0.2, 0.25) is 0 Å². The van der Waals surface area contributed by atoms with Gasteiger partial charge in [-0.05, 0) is 12.1 Å². The van der Waals surface area contributed by atoms with E-state index in [4.69, 9.17) is 15.4 Å². The van der Waals surface area contributed by atoms with Crippen molar-refractivity contribution >= 4 is 11.6 Å². The van der Waals surface area contributed by atoms with Crippen LogP contribution in [-0.4, -0.2) is 16.8 Å². The number of hydrogen-bond acceptors (Lipinski definition) is 4. The molecule has 0 saturated carbocycles. The van der Waals surface area contributed by atoms with E-state index in [0.29, 0.717) is 0 Å². The number of carbonyl (C=O) groups is 1. The van der Waals surface area contributed by atoms with Gasteiger partial charge in [0.15, 0.2) is 5.76 Å². The molecule has 0 atom stereocenters. The maximum atomic E-state index is 10.5. The molecular weight excluding hydrogens is 148 g/mol. The lowest BCUT2D eigenvalue weighted by Crippen LogP contribution is -2.23. The quantitative estimate of drug-likeness (QED) is 0.355. The van der Waals surface area contributed by atoms with Crippen LogP contribution in [-0.2, 0) is 4.79 Å². The van der Waals surface area contributed by atoms with Crippen molar-refractivity contribution in [3.8, 4) is 0 Å². The highest BCUT2D eigenvalue weighted by atomic mass is 16.4. The normalized spacial score (nSPS) is 11.5. The van der Waals surface area contributed by atoms with Crippen molar-refractivity contribution in [2.75, 3.05) is 0 Å². The van der Waals surface area contributed by atoms with Crippen LogP contribution in [0.3, 0.4) is 0 Å². The molecule has 0 aliphatic rings. The predicted octanol–water partition coefficient (Wildman–Crippen LogP) is -0.0568. The monoisotopic (exact) mass is 154 g/mol. The van der Waals surface area contributed by atoms with Gasteiger partial charge in [0.05, 0.1) is 6.26 Å². The van der Waals surface area contributed by atoms with Gasteiger partial charge in [0.1, 0.15) is 0 Å². The molecule has 1 heterocycles. The largest absolute Gasteiger partial charge is 0.462 e. The summed E-state index contributed by atoms with van der Waals surface area (Å²) in [5.74, 6) is -0.678. The van der Waals surface area contributed by atoms with E-state index in [1.165, 1.54) is 12.3 Å². The summed E-state index contributed by atoms with van der Waals surface area (Å²) in [4.78, 5) is 10.5. The van der Waals surface area contributed by atoms with Crippen molar-refractivity contribution < 1.29 is 14.4 Å². The Morgan fingerprint density at radius 3 is 2.82 bits per heavy atom. The van der Waals surface area contributed by atoms with Gasteiger partial charge in [-0.1, -0.05) is 5.16 Å². The van der Waals surface area contributed by atoms with Crippen LogP contribution in [0.25, 0.3) is 0 Å². The lowest BCUT2D eigenvalue weighted by molar-refractivity contribution is -0.112. The van der Waals surface area contributed by atoms with Crippen LogP contribution in [0, 0.1) is 0 Å².